The van der Waals surface area contributed by atoms with Crippen molar-refractivity contribution in [3.63, 3.8) is 0 Å². The molecule has 3 heteroatoms. The van der Waals surface area contributed by atoms with Gasteiger partial charge in [-0.3, -0.25) is 0 Å². The lowest BCUT2D eigenvalue weighted by Crippen LogP contribution is -2.24. The molecule has 16 heavy (non-hydrogen) atoms. The highest BCUT2D eigenvalue weighted by molar-refractivity contribution is 6.30. The summed E-state index contributed by atoms with van der Waals surface area (Å²) in [4.78, 5) is 0. The first kappa shape index (κ1) is 13.2. The van der Waals surface area contributed by atoms with E-state index >= 15 is 0 Å². The number of halogens is 2. The maximum absolute atomic E-state index is 13.3. The Morgan fingerprint density at radius 2 is 2.25 bits per heavy atom. The van der Waals surface area contributed by atoms with Gasteiger partial charge in [-0.2, -0.15) is 0 Å². The number of rotatable bonds is 5. The molecule has 0 fully saturated rings. The van der Waals surface area contributed by atoms with E-state index in [1.807, 2.05) is 13.0 Å². The quantitative estimate of drug-likeness (QED) is 0.825. The minimum atomic E-state index is -0.247. The molecule has 0 amide bonds. The van der Waals surface area contributed by atoms with Crippen LogP contribution in [-0.2, 0) is 0 Å². The maximum atomic E-state index is 13.3. The summed E-state index contributed by atoms with van der Waals surface area (Å²) in [5.41, 5.74) is 0.526. The van der Waals surface area contributed by atoms with Gasteiger partial charge in [-0.1, -0.05) is 30.7 Å². The summed E-state index contributed by atoms with van der Waals surface area (Å²) in [6.07, 6.45) is 4.78. The van der Waals surface area contributed by atoms with Gasteiger partial charge in [0.05, 0.1) is 0 Å². The van der Waals surface area contributed by atoms with Gasteiger partial charge in [0.1, 0.15) is 5.82 Å². The van der Waals surface area contributed by atoms with Crippen LogP contribution in [-0.4, -0.2) is 12.6 Å². The first-order valence-corrected chi connectivity index (χ1v) is 5.88. The molecule has 1 aromatic carbocycles. The average Bonchev–Trinajstić information content (AvgIpc) is 2.27. The Hall–Kier alpha value is -0.860. The van der Waals surface area contributed by atoms with E-state index in [0.29, 0.717) is 10.6 Å². The molecule has 0 aliphatic heterocycles. The fourth-order valence-electron chi connectivity index (χ4n) is 1.33. The number of benzene rings is 1. The molecule has 1 atom stereocenters. The Kier molecular flexibility index (Phi) is 5.50. The topological polar surface area (TPSA) is 12.0 Å². The molecule has 1 rings (SSSR count). The molecule has 1 N–H and O–H groups in total. The molecule has 0 radical (unpaired) electrons. The highest BCUT2D eigenvalue weighted by atomic mass is 35.5. The summed E-state index contributed by atoms with van der Waals surface area (Å²) in [7, 11) is 0. The summed E-state index contributed by atoms with van der Waals surface area (Å²) >= 11 is 5.80. The van der Waals surface area contributed by atoms with Gasteiger partial charge in [0.25, 0.3) is 0 Å². The van der Waals surface area contributed by atoms with Gasteiger partial charge in [0.15, 0.2) is 0 Å². The van der Waals surface area contributed by atoms with E-state index in [9.17, 15) is 4.39 Å². The molecule has 1 aromatic rings. The van der Waals surface area contributed by atoms with Gasteiger partial charge < -0.3 is 5.32 Å². The Labute approximate surface area is 101 Å². The first-order chi connectivity index (χ1) is 7.63. The van der Waals surface area contributed by atoms with Gasteiger partial charge in [0, 0.05) is 16.6 Å². The van der Waals surface area contributed by atoms with E-state index in [4.69, 9.17) is 11.6 Å². The molecule has 1 nitrogen and oxygen atoms in total. The lowest BCUT2D eigenvalue weighted by Gasteiger charge is -2.07. The molecule has 0 aliphatic carbocycles. The summed E-state index contributed by atoms with van der Waals surface area (Å²) in [5, 5.41) is 3.85. The SMILES string of the molecule is CCCNC(C)/C=C/c1cc(Cl)ccc1F. The third kappa shape index (κ3) is 4.33. The Morgan fingerprint density at radius 1 is 1.50 bits per heavy atom. The van der Waals surface area contributed by atoms with Gasteiger partial charge in [-0.05, 0) is 38.1 Å². The van der Waals surface area contributed by atoms with Gasteiger partial charge in [0.2, 0.25) is 0 Å². The van der Waals surface area contributed by atoms with Crippen LogP contribution in [0.25, 0.3) is 6.08 Å². The molecule has 0 heterocycles. The van der Waals surface area contributed by atoms with Crippen molar-refractivity contribution in [1.82, 2.24) is 5.32 Å². The standard InChI is InChI=1S/C13H17ClFN/c1-3-8-16-10(2)4-5-11-9-12(14)6-7-13(11)15/h4-7,9-10,16H,3,8H2,1-2H3/b5-4+. The third-order valence-corrected chi connectivity index (χ3v) is 2.47. The normalized spacial score (nSPS) is 13.2. The molecule has 0 bridgehead atoms. The van der Waals surface area contributed by atoms with E-state index in [0.717, 1.165) is 13.0 Å². The van der Waals surface area contributed by atoms with Gasteiger partial charge >= 0.3 is 0 Å². The molecule has 0 spiro atoms. The third-order valence-electron chi connectivity index (χ3n) is 2.24. The lowest BCUT2D eigenvalue weighted by atomic mass is 10.1. The number of hydrogen-bond donors (Lipinski definition) is 1. The van der Waals surface area contributed by atoms with E-state index in [-0.39, 0.29) is 11.9 Å². The Bertz CT molecular complexity index is 363. The number of nitrogens with one attached hydrogen (secondary N) is 1. The molecule has 1 unspecified atom stereocenters. The Balaban J connectivity index is 2.64. The molecule has 0 saturated heterocycles. The zero-order valence-electron chi connectivity index (χ0n) is 9.63. The van der Waals surface area contributed by atoms with Crippen molar-refractivity contribution >= 4 is 17.7 Å². The smallest absolute Gasteiger partial charge is 0.130 e. The van der Waals surface area contributed by atoms with Crippen LogP contribution in [0.2, 0.25) is 5.02 Å². The predicted octanol–water partition coefficient (Wildman–Crippen LogP) is 3.88. The summed E-state index contributed by atoms with van der Waals surface area (Å²) < 4.78 is 13.3. The Morgan fingerprint density at radius 3 is 2.94 bits per heavy atom. The van der Waals surface area contributed by atoms with Crippen molar-refractivity contribution in [2.24, 2.45) is 0 Å². The summed E-state index contributed by atoms with van der Waals surface area (Å²) in [5.74, 6) is -0.247. The highest BCUT2D eigenvalue weighted by Gasteiger charge is 2.00. The molecule has 88 valence electrons. The second-order valence-corrected chi connectivity index (χ2v) is 4.20. The molecule has 0 aromatic heterocycles. The second-order valence-electron chi connectivity index (χ2n) is 3.77. The van der Waals surface area contributed by atoms with Crippen LogP contribution in [0.15, 0.2) is 24.3 Å². The van der Waals surface area contributed by atoms with Crippen LogP contribution in [0, 0.1) is 5.82 Å². The van der Waals surface area contributed by atoms with Crippen LogP contribution in [0.1, 0.15) is 25.8 Å². The van der Waals surface area contributed by atoms with Crippen LogP contribution in [0.3, 0.4) is 0 Å². The van der Waals surface area contributed by atoms with E-state index < -0.39 is 0 Å². The highest BCUT2D eigenvalue weighted by Crippen LogP contribution is 2.16. The van der Waals surface area contributed by atoms with Crippen molar-refractivity contribution in [3.05, 3.63) is 40.7 Å². The van der Waals surface area contributed by atoms with Crippen molar-refractivity contribution in [1.29, 1.82) is 0 Å². The van der Waals surface area contributed by atoms with E-state index in [1.54, 1.807) is 18.2 Å². The second kappa shape index (κ2) is 6.66. The van der Waals surface area contributed by atoms with Gasteiger partial charge in [-0.25, -0.2) is 4.39 Å². The predicted molar refractivity (Wildman–Crippen MR) is 68.2 cm³/mol. The minimum Gasteiger partial charge on any atom is -0.311 e. The lowest BCUT2D eigenvalue weighted by molar-refractivity contribution is 0.620. The van der Waals surface area contributed by atoms with Crippen LogP contribution in [0.5, 0.6) is 0 Å². The zero-order chi connectivity index (χ0) is 12.0. The fraction of sp³-hybridized carbons (Fsp3) is 0.385. The number of hydrogen-bond acceptors (Lipinski definition) is 1. The molecule has 0 aliphatic rings. The van der Waals surface area contributed by atoms with E-state index in [1.165, 1.54) is 6.07 Å². The van der Waals surface area contributed by atoms with Crippen LogP contribution < -0.4 is 5.32 Å². The van der Waals surface area contributed by atoms with Crippen LogP contribution in [0.4, 0.5) is 4.39 Å². The molecule has 0 saturated carbocycles. The van der Waals surface area contributed by atoms with Gasteiger partial charge in [-0.15, -0.1) is 0 Å². The van der Waals surface area contributed by atoms with Crippen molar-refractivity contribution in [2.75, 3.05) is 6.54 Å². The maximum Gasteiger partial charge on any atom is 0.130 e. The average molecular weight is 242 g/mol. The van der Waals surface area contributed by atoms with E-state index in [2.05, 4.69) is 12.2 Å². The summed E-state index contributed by atoms with van der Waals surface area (Å²) in [6, 6.07) is 4.79. The summed E-state index contributed by atoms with van der Waals surface area (Å²) in [6.45, 7) is 5.11. The zero-order valence-corrected chi connectivity index (χ0v) is 10.4. The monoisotopic (exact) mass is 241 g/mol. The fourth-order valence-corrected chi connectivity index (χ4v) is 1.51. The van der Waals surface area contributed by atoms with Crippen molar-refractivity contribution < 1.29 is 4.39 Å². The first-order valence-electron chi connectivity index (χ1n) is 5.50. The van der Waals surface area contributed by atoms with Crippen LogP contribution >= 0.6 is 11.6 Å². The molecular weight excluding hydrogens is 225 g/mol. The largest absolute Gasteiger partial charge is 0.311 e. The van der Waals surface area contributed by atoms with Crippen molar-refractivity contribution in [2.45, 2.75) is 26.3 Å². The molecular formula is C13H17ClFN. The minimum absolute atomic E-state index is 0.235. The van der Waals surface area contributed by atoms with Crippen molar-refractivity contribution in [3.8, 4) is 0 Å².